The minimum absolute atomic E-state index is 0.103. The summed E-state index contributed by atoms with van der Waals surface area (Å²) in [6.45, 7) is 3.09. The first-order valence-corrected chi connectivity index (χ1v) is 11.9. The Bertz CT molecular complexity index is 1220. The van der Waals surface area contributed by atoms with Crippen LogP contribution in [-0.4, -0.2) is 85.6 Å². The van der Waals surface area contributed by atoms with Crippen LogP contribution in [0.15, 0.2) is 22.5 Å². The highest BCUT2D eigenvalue weighted by molar-refractivity contribution is 8.01. The Balaban J connectivity index is 1.46. The Hall–Kier alpha value is -3.47. The number of carbonyl (C=O) groups is 3. The normalized spacial score (nSPS) is 20.6. The summed E-state index contributed by atoms with van der Waals surface area (Å²) in [4.78, 5) is 49.1. The van der Waals surface area contributed by atoms with Crippen molar-refractivity contribution >= 4 is 47.1 Å². The Morgan fingerprint density at radius 2 is 2.21 bits per heavy atom. The van der Waals surface area contributed by atoms with Crippen molar-refractivity contribution in [3.63, 3.8) is 0 Å². The van der Waals surface area contributed by atoms with E-state index in [-0.39, 0.29) is 17.3 Å². The lowest BCUT2D eigenvalue weighted by atomic mass is 10.0. The molecular weight excluding hydrogens is 490 g/mol. The Labute approximate surface area is 200 Å². The molecule has 180 valence electrons. The van der Waals surface area contributed by atoms with Crippen molar-refractivity contribution in [2.75, 3.05) is 11.5 Å². The number of fused-ring (bicyclic) bond motifs is 1. The van der Waals surface area contributed by atoms with Crippen LogP contribution < -0.4 is 5.32 Å². The highest BCUT2D eigenvalue weighted by Gasteiger charge is 2.54. The molecule has 34 heavy (non-hydrogen) atoms. The van der Waals surface area contributed by atoms with E-state index in [1.165, 1.54) is 50.8 Å². The van der Waals surface area contributed by atoms with Gasteiger partial charge in [-0.15, -0.1) is 16.9 Å². The number of carboxylic acid groups (broad SMARTS) is 1. The van der Waals surface area contributed by atoms with Gasteiger partial charge in [-0.3, -0.25) is 14.5 Å². The van der Waals surface area contributed by atoms with Crippen LogP contribution in [0.2, 0.25) is 0 Å². The van der Waals surface area contributed by atoms with Gasteiger partial charge in [-0.05, 0) is 34.8 Å². The van der Waals surface area contributed by atoms with E-state index in [2.05, 4.69) is 25.9 Å². The van der Waals surface area contributed by atoms with Crippen LogP contribution in [0.1, 0.15) is 18.7 Å². The van der Waals surface area contributed by atoms with E-state index in [9.17, 15) is 29.6 Å². The molecule has 0 aromatic carbocycles. The van der Waals surface area contributed by atoms with Gasteiger partial charge in [0.1, 0.15) is 23.2 Å². The van der Waals surface area contributed by atoms with Gasteiger partial charge in [-0.2, -0.15) is 4.68 Å². The summed E-state index contributed by atoms with van der Waals surface area (Å²) in [7, 11) is 1.66. The Kier molecular flexibility index (Phi) is 6.30. The minimum Gasteiger partial charge on any atom is -0.477 e. The number of carbonyl (C=O) groups excluding carboxylic acids is 2. The minimum atomic E-state index is -1.23. The number of aromatic nitrogens is 6. The average molecular weight is 510 g/mol. The summed E-state index contributed by atoms with van der Waals surface area (Å²) in [6.07, 6.45) is 0. The molecule has 4 rings (SSSR count). The highest BCUT2D eigenvalue weighted by atomic mass is 32.2. The van der Waals surface area contributed by atoms with Crippen molar-refractivity contribution in [2.45, 2.75) is 36.5 Å². The van der Waals surface area contributed by atoms with E-state index in [4.69, 9.17) is 0 Å². The zero-order valence-corrected chi connectivity index (χ0v) is 19.7. The molecule has 2 N–H and O–H groups in total. The third-order valence-electron chi connectivity index (χ3n) is 5.35. The van der Waals surface area contributed by atoms with E-state index >= 15 is 0 Å². The van der Waals surface area contributed by atoms with Crippen LogP contribution in [0, 0.1) is 17.0 Å². The lowest BCUT2D eigenvalue weighted by Gasteiger charge is -2.49. The van der Waals surface area contributed by atoms with Crippen LogP contribution in [0.4, 0.5) is 5.82 Å². The molecule has 0 radical (unpaired) electrons. The molecule has 4 heterocycles. The summed E-state index contributed by atoms with van der Waals surface area (Å²) >= 11 is 2.60. The summed E-state index contributed by atoms with van der Waals surface area (Å²) in [6, 6.07) is -0.583. The second-order valence-electron chi connectivity index (χ2n) is 7.55. The fraction of sp³-hybridized carbons (Fsp3) is 0.471. The Morgan fingerprint density at radius 3 is 2.79 bits per heavy atom. The zero-order chi connectivity index (χ0) is 24.7. The molecule has 0 unspecified atom stereocenters. The fourth-order valence-corrected chi connectivity index (χ4v) is 5.96. The second-order valence-corrected chi connectivity index (χ2v) is 9.60. The molecule has 2 amide bonds. The van der Waals surface area contributed by atoms with E-state index in [1.54, 1.807) is 14.0 Å². The van der Waals surface area contributed by atoms with Gasteiger partial charge >= 0.3 is 11.8 Å². The standard InChI is InChI=1S/C17H19N9O6S2/c1-7-4-10(26(31)32)20-25(7)8(2)13(27)18-11-14(28)24-12(16(29)30)9(5-33-15(11)24)6-34-17-19-21-22-23(17)3/h4,8,11,15H,5-6H2,1-3H3,(H,18,27)(H,29,30)/t8-,11+,15+/m0/s1. The van der Waals surface area contributed by atoms with Gasteiger partial charge < -0.3 is 20.5 Å². The van der Waals surface area contributed by atoms with Crippen molar-refractivity contribution in [1.82, 2.24) is 40.2 Å². The van der Waals surface area contributed by atoms with Gasteiger partial charge in [-0.25, -0.2) is 9.48 Å². The number of carboxylic acids is 1. The number of hydrogen-bond acceptors (Lipinski definition) is 11. The molecule has 17 heteroatoms. The van der Waals surface area contributed by atoms with E-state index in [0.717, 1.165) is 0 Å². The monoisotopic (exact) mass is 509 g/mol. The van der Waals surface area contributed by atoms with Gasteiger partial charge in [0.05, 0.1) is 16.9 Å². The SMILES string of the molecule is Cc1cc([N+](=O)[O-])nn1[C@@H](C)C(=O)N[C@@H]1C(=O)N2C(C(=O)O)=C(CSc3nnnn3C)CS[C@H]12. The van der Waals surface area contributed by atoms with E-state index < -0.39 is 40.2 Å². The maximum atomic E-state index is 12.8. The smallest absolute Gasteiger partial charge is 0.390 e. The quantitative estimate of drug-likeness (QED) is 0.205. The number of nitro groups is 1. The number of nitrogens with one attached hydrogen (secondary N) is 1. The number of aliphatic carboxylic acids is 1. The summed E-state index contributed by atoms with van der Waals surface area (Å²) in [5, 5.41) is 38.2. The predicted molar refractivity (Wildman–Crippen MR) is 118 cm³/mol. The maximum Gasteiger partial charge on any atom is 0.390 e. The van der Waals surface area contributed by atoms with Crippen LogP contribution in [0.5, 0.6) is 0 Å². The van der Waals surface area contributed by atoms with E-state index in [0.29, 0.717) is 22.2 Å². The number of hydrogen-bond donors (Lipinski definition) is 2. The first-order valence-electron chi connectivity index (χ1n) is 9.86. The van der Waals surface area contributed by atoms with Crippen LogP contribution >= 0.6 is 23.5 Å². The molecule has 0 spiro atoms. The van der Waals surface area contributed by atoms with Gasteiger partial charge in [0.25, 0.3) is 5.91 Å². The van der Waals surface area contributed by atoms with Gasteiger partial charge in [0.15, 0.2) is 0 Å². The number of amides is 2. The maximum absolute atomic E-state index is 12.8. The second kappa shape index (κ2) is 9.05. The molecule has 0 aliphatic carbocycles. The lowest BCUT2D eigenvalue weighted by molar-refractivity contribution is -0.389. The highest BCUT2D eigenvalue weighted by Crippen LogP contribution is 2.41. The van der Waals surface area contributed by atoms with Gasteiger partial charge in [0.2, 0.25) is 11.1 Å². The van der Waals surface area contributed by atoms with Gasteiger partial charge in [0, 0.05) is 18.6 Å². The molecule has 0 bridgehead atoms. The van der Waals surface area contributed by atoms with Crippen LogP contribution in [0.3, 0.4) is 0 Å². The number of rotatable bonds is 8. The molecule has 2 aromatic heterocycles. The van der Waals surface area contributed by atoms with Gasteiger partial charge in [-0.1, -0.05) is 11.8 Å². The first-order chi connectivity index (χ1) is 16.1. The van der Waals surface area contributed by atoms with Crippen LogP contribution in [0.25, 0.3) is 0 Å². The topological polar surface area (TPSA) is 191 Å². The average Bonchev–Trinajstić information content (AvgIpc) is 3.39. The number of aryl methyl sites for hydroxylation is 2. The molecule has 2 aliphatic rings. The third-order valence-corrected chi connectivity index (χ3v) is 7.78. The molecule has 2 aliphatic heterocycles. The third kappa shape index (κ3) is 4.11. The summed E-state index contributed by atoms with van der Waals surface area (Å²) in [5.74, 6) is -2.09. The largest absolute Gasteiger partial charge is 0.477 e. The van der Waals surface area contributed by atoms with Crippen molar-refractivity contribution in [3.05, 3.63) is 33.1 Å². The molecule has 2 aromatic rings. The number of nitrogens with zero attached hydrogens (tertiary/aromatic N) is 8. The fourth-order valence-electron chi connectivity index (χ4n) is 3.63. The summed E-state index contributed by atoms with van der Waals surface area (Å²) < 4.78 is 2.67. The lowest BCUT2D eigenvalue weighted by Crippen LogP contribution is -2.71. The van der Waals surface area contributed by atoms with Crippen molar-refractivity contribution in [3.8, 4) is 0 Å². The predicted octanol–water partition coefficient (Wildman–Crippen LogP) is -0.285. The molecule has 1 saturated heterocycles. The van der Waals surface area contributed by atoms with E-state index in [1.807, 2.05) is 0 Å². The van der Waals surface area contributed by atoms with Crippen molar-refractivity contribution in [2.24, 2.45) is 7.05 Å². The zero-order valence-electron chi connectivity index (χ0n) is 18.1. The molecular formula is C17H19N9O6S2. The molecule has 0 saturated carbocycles. The van der Waals surface area contributed by atoms with Crippen molar-refractivity contribution < 1.29 is 24.4 Å². The Morgan fingerprint density at radius 1 is 1.47 bits per heavy atom. The number of tetrazole rings is 1. The first kappa shape index (κ1) is 23.7. The number of thioether (sulfide) groups is 2. The molecule has 15 nitrogen and oxygen atoms in total. The molecule has 3 atom stereocenters. The van der Waals surface area contributed by atoms with Crippen molar-refractivity contribution in [1.29, 1.82) is 0 Å². The molecule has 1 fully saturated rings. The summed E-state index contributed by atoms with van der Waals surface area (Å²) in [5.41, 5.74) is 0.862. The van der Waals surface area contributed by atoms with Crippen LogP contribution in [-0.2, 0) is 21.4 Å². The number of β-lactam (4-membered cyclic amide) rings is 1.